The van der Waals surface area contributed by atoms with Gasteiger partial charge in [-0.2, -0.15) is 11.8 Å². The van der Waals surface area contributed by atoms with Crippen LogP contribution < -0.4 is 0 Å². The quantitative estimate of drug-likeness (QED) is 0.716. The van der Waals surface area contributed by atoms with Gasteiger partial charge in [-0.15, -0.1) is 0 Å². The second-order valence-electron chi connectivity index (χ2n) is 5.33. The molecule has 0 amide bonds. The Bertz CT molecular complexity index is 224. The van der Waals surface area contributed by atoms with E-state index in [4.69, 9.17) is 0 Å². The molecular formula is C13H25NOS. The average molecular weight is 243 g/mol. The van der Waals surface area contributed by atoms with Gasteiger partial charge in [0, 0.05) is 29.6 Å². The number of nitrogens with zero attached hydrogens (tertiary/aromatic N) is 1. The number of rotatable bonds is 1. The Morgan fingerprint density at radius 2 is 1.88 bits per heavy atom. The summed E-state index contributed by atoms with van der Waals surface area (Å²) < 4.78 is 0. The Morgan fingerprint density at radius 3 is 2.69 bits per heavy atom. The summed E-state index contributed by atoms with van der Waals surface area (Å²) in [5.74, 6) is 1.23. The maximum absolute atomic E-state index is 10.3. The van der Waals surface area contributed by atoms with Crippen LogP contribution in [0.25, 0.3) is 0 Å². The molecule has 3 heteroatoms. The number of aliphatic hydroxyl groups is 1. The van der Waals surface area contributed by atoms with Crippen molar-refractivity contribution in [2.45, 2.75) is 69.4 Å². The van der Waals surface area contributed by atoms with E-state index in [-0.39, 0.29) is 6.10 Å². The van der Waals surface area contributed by atoms with Crippen molar-refractivity contribution in [1.82, 2.24) is 4.90 Å². The Balaban J connectivity index is 2.02. The number of hydrogen-bond donors (Lipinski definition) is 1. The molecule has 0 spiro atoms. The van der Waals surface area contributed by atoms with Crippen molar-refractivity contribution >= 4 is 11.8 Å². The SMILES string of the molecule is CC1SCCN(C2CCCCCC2O)C1C. The van der Waals surface area contributed by atoms with Crippen LogP contribution in [0, 0.1) is 0 Å². The normalized spacial score (nSPS) is 42.9. The van der Waals surface area contributed by atoms with E-state index < -0.39 is 0 Å². The summed E-state index contributed by atoms with van der Waals surface area (Å²) >= 11 is 2.08. The van der Waals surface area contributed by atoms with Crippen LogP contribution in [0.15, 0.2) is 0 Å². The van der Waals surface area contributed by atoms with Gasteiger partial charge in [-0.3, -0.25) is 4.90 Å². The van der Waals surface area contributed by atoms with Gasteiger partial charge in [0.15, 0.2) is 0 Å². The lowest BCUT2D eigenvalue weighted by Gasteiger charge is -2.43. The second-order valence-corrected chi connectivity index (χ2v) is 6.81. The largest absolute Gasteiger partial charge is 0.391 e. The van der Waals surface area contributed by atoms with Crippen molar-refractivity contribution in [1.29, 1.82) is 0 Å². The first-order chi connectivity index (χ1) is 7.70. The fraction of sp³-hybridized carbons (Fsp3) is 1.00. The first kappa shape index (κ1) is 12.7. The van der Waals surface area contributed by atoms with Crippen LogP contribution in [0.3, 0.4) is 0 Å². The summed E-state index contributed by atoms with van der Waals surface area (Å²) in [5.41, 5.74) is 0. The minimum atomic E-state index is -0.0831. The first-order valence-electron chi connectivity index (χ1n) is 6.75. The molecule has 16 heavy (non-hydrogen) atoms. The molecule has 0 bridgehead atoms. The highest BCUT2D eigenvalue weighted by Crippen LogP contribution is 2.30. The molecule has 1 N–H and O–H groups in total. The third-order valence-electron chi connectivity index (χ3n) is 4.30. The number of aliphatic hydroxyl groups excluding tert-OH is 1. The summed E-state index contributed by atoms with van der Waals surface area (Å²) in [5, 5.41) is 11.0. The first-order valence-corrected chi connectivity index (χ1v) is 7.80. The van der Waals surface area contributed by atoms with Crippen LogP contribution in [-0.4, -0.2) is 45.7 Å². The van der Waals surface area contributed by atoms with Crippen LogP contribution >= 0.6 is 11.8 Å². The van der Waals surface area contributed by atoms with E-state index in [1.165, 1.54) is 31.4 Å². The predicted octanol–water partition coefficient (Wildman–Crippen LogP) is 2.51. The van der Waals surface area contributed by atoms with E-state index in [1.807, 2.05) is 0 Å². The highest BCUT2D eigenvalue weighted by Gasteiger charge is 2.34. The third-order valence-corrected chi connectivity index (χ3v) is 5.64. The minimum absolute atomic E-state index is 0.0831. The third kappa shape index (κ3) is 2.74. The standard InChI is InChI=1S/C13H25NOS/c1-10-11(2)16-9-8-14(10)12-6-4-3-5-7-13(12)15/h10-13,15H,3-9H2,1-2H3. The van der Waals surface area contributed by atoms with Gasteiger partial charge < -0.3 is 5.11 Å². The Hall–Kier alpha value is 0.270. The maximum atomic E-state index is 10.3. The molecule has 0 aromatic carbocycles. The van der Waals surface area contributed by atoms with Crippen molar-refractivity contribution in [2.24, 2.45) is 0 Å². The van der Waals surface area contributed by atoms with E-state index in [0.29, 0.717) is 17.3 Å². The molecule has 2 aliphatic rings. The van der Waals surface area contributed by atoms with Crippen molar-refractivity contribution in [3.8, 4) is 0 Å². The van der Waals surface area contributed by atoms with Crippen molar-refractivity contribution in [2.75, 3.05) is 12.3 Å². The molecule has 2 fully saturated rings. The summed E-state index contributed by atoms with van der Waals surface area (Å²) in [6.07, 6.45) is 5.94. The second kappa shape index (κ2) is 5.74. The molecule has 1 saturated heterocycles. The van der Waals surface area contributed by atoms with Gasteiger partial charge in [-0.25, -0.2) is 0 Å². The van der Waals surface area contributed by atoms with Crippen LogP contribution in [0.5, 0.6) is 0 Å². The fourth-order valence-electron chi connectivity index (χ4n) is 3.08. The van der Waals surface area contributed by atoms with E-state index in [9.17, 15) is 5.11 Å². The van der Waals surface area contributed by atoms with Crippen LogP contribution in [0.4, 0.5) is 0 Å². The van der Waals surface area contributed by atoms with Gasteiger partial charge in [-0.1, -0.05) is 26.2 Å². The molecule has 1 aliphatic heterocycles. The molecule has 4 unspecified atom stereocenters. The molecule has 0 aromatic rings. The van der Waals surface area contributed by atoms with E-state index in [0.717, 1.165) is 13.0 Å². The lowest BCUT2D eigenvalue weighted by Crippen LogP contribution is -2.53. The fourth-order valence-corrected chi connectivity index (χ4v) is 4.20. The van der Waals surface area contributed by atoms with Crippen molar-refractivity contribution in [3.63, 3.8) is 0 Å². The maximum Gasteiger partial charge on any atom is 0.0695 e. The molecule has 0 aromatic heterocycles. The molecule has 1 heterocycles. The predicted molar refractivity (Wildman–Crippen MR) is 71.0 cm³/mol. The van der Waals surface area contributed by atoms with Gasteiger partial charge in [0.1, 0.15) is 0 Å². The van der Waals surface area contributed by atoms with Gasteiger partial charge in [-0.05, 0) is 19.8 Å². The smallest absolute Gasteiger partial charge is 0.0695 e. The zero-order valence-electron chi connectivity index (χ0n) is 10.6. The summed E-state index contributed by atoms with van der Waals surface area (Å²) in [7, 11) is 0. The average Bonchev–Trinajstić information content (AvgIpc) is 2.47. The van der Waals surface area contributed by atoms with Crippen LogP contribution in [0.2, 0.25) is 0 Å². The van der Waals surface area contributed by atoms with Gasteiger partial charge in [0.25, 0.3) is 0 Å². The molecule has 2 nitrogen and oxygen atoms in total. The summed E-state index contributed by atoms with van der Waals surface area (Å²) in [4.78, 5) is 2.58. The zero-order chi connectivity index (χ0) is 11.5. The summed E-state index contributed by atoms with van der Waals surface area (Å²) in [6, 6.07) is 1.05. The molecule has 1 aliphatic carbocycles. The molecule has 0 radical (unpaired) electrons. The molecule has 94 valence electrons. The van der Waals surface area contributed by atoms with Gasteiger partial charge >= 0.3 is 0 Å². The highest BCUT2D eigenvalue weighted by molar-refractivity contribution is 8.00. The topological polar surface area (TPSA) is 23.5 Å². The highest BCUT2D eigenvalue weighted by atomic mass is 32.2. The number of hydrogen-bond acceptors (Lipinski definition) is 3. The van der Waals surface area contributed by atoms with Crippen LogP contribution in [0.1, 0.15) is 46.0 Å². The van der Waals surface area contributed by atoms with Crippen LogP contribution in [-0.2, 0) is 0 Å². The molecule has 1 saturated carbocycles. The Labute approximate surface area is 104 Å². The lowest BCUT2D eigenvalue weighted by molar-refractivity contribution is 0.0252. The zero-order valence-corrected chi connectivity index (χ0v) is 11.4. The summed E-state index contributed by atoms with van der Waals surface area (Å²) in [6.45, 7) is 5.82. The van der Waals surface area contributed by atoms with Crippen molar-refractivity contribution in [3.05, 3.63) is 0 Å². The van der Waals surface area contributed by atoms with Crippen molar-refractivity contribution < 1.29 is 5.11 Å². The molecular weight excluding hydrogens is 218 g/mol. The molecule has 4 atom stereocenters. The van der Waals surface area contributed by atoms with E-state index in [1.54, 1.807) is 0 Å². The Morgan fingerprint density at radius 1 is 1.12 bits per heavy atom. The monoisotopic (exact) mass is 243 g/mol. The van der Waals surface area contributed by atoms with Gasteiger partial charge in [0.05, 0.1) is 6.10 Å². The lowest BCUT2D eigenvalue weighted by atomic mass is 10.0. The van der Waals surface area contributed by atoms with Gasteiger partial charge in [0.2, 0.25) is 0 Å². The Kier molecular flexibility index (Phi) is 4.57. The number of thioether (sulfide) groups is 1. The van der Waals surface area contributed by atoms with E-state index in [2.05, 4.69) is 30.5 Å². The minimum Gasteiger partial charge on any atom is -0.391 e. The van der Waals surface area contributed by atoms with E-state index >= 15 is 0 Å². The molecule has 2 rings (SSSR count).